The van der Waals surface area contributed by atoms with Gasteiger partial charge in [-0.05, 0) is 36.4 Å². The third-order valence-corrected chi connectivity index (χ3v) is 6.36. The second-order valence-electron chi connectivity index (χ2n) is 3.77. The minimum absolute atomic E-state index is 0.374. The Morgan fingerprint density at radius 1 is 0.842 bits per heavy atom. The highest BCUT2D eigenvalue weighted by Crippen LogP contribution is 2.40. The third-order valence-electron chi connectivity index (χ3n) is 2.50. The van der Waals surface area contributed by atoms with Gasteiger partial charge < -0.3 is 5.11 Å². The minimum Gasteiger partial charge on any atom is -0.477 e. The van der Waals surface area contributed by atoms with Crippen LogP contribution in [0.25, 0.3) is 19.5 Å². The summed E-state index contributed by atoms with van der Waals surface area (Å²) in [7, 11) is 0. The molecule has 0 saturated heterocycles. The molecule has 0 amide bonds. The Balaban J connectivity index is 1.94. The molecule has 0 radical (unpaired) electrons. The first-order valence-electron chi connectivity index (χ1n) is 5.36. The average Bonchev–Trinajstić information content (AvgIpc) is 3.07. The van der Waals surface area contributed by atoms with Crippen LogP contribution >= 0.6 is 46.6 Å². The number of aromatic carboxylic acids is 1. The Bertz CT molecular complexity index is 735. The summed E-state index contributed by atoms with van der Waals surface area (Å²) in [5.74, 6) is -0.869. The molecule has 0 fully saturated rings. The smallest absolute Gasteiger partial charge is 0.345 e. The van der Waals surface area contributed by atoms with Crippen molar-refractivity contribution in [1.82, 2.24) is 0 Å². The first-order valence-corrected chi connectivity index (χ1v) is 8.25. The van der Waals surface area contributed by atoms with Crippen molar-refractivity contribution in [3.8, 4) is 19.5 Å². The molecule has 3 rings (SSSR count). The molecule has 6 heteroatoms. The van der Waals surface area contributed by atoms with Crippen molar-refractivity contribution in [3.63, 3.8) is 0 Å². The lowest BCUT2D eigenvalue weighted by Crippen LogP contribution is -1.89. The Labute approximate surface area is 127 Å². The van der Waals surface area contributed by atoms with Crippen molar-refractivity contribution >= 4 is 52.6 Å². The third kappa shape index (κ3) is 2.62. The van der Waals surface area contributed by atoms with Crippen LogP contribution in [0.4, 0.5) is 0 Å². The number of hydrogen-bond donors (Lipinski definition) is 2. The molecule has 0 spiro atoms. The zero-order valence-electron chi connectivity index (χ0n) is 9.49. The van der Waals surface area contributed by atoms with E-state index in [9.17, 15) is 4.79 Å². The highest BCUT2D eigenvalue weighted by atomic mass is 32.2. The standard InChI is InChI=1S/C13H8O2S4/c14-13(15)11-4-3-8(18-11)7-1-2-9(17-7)10-5-6-12(16)19-10/h1-6,16H,(H,14,15). The van der Waals surface area contributed by atoms with E-state index in [0.29, 0.717) is 4.88 Å². The van der Waals surface area contributed by atoms with Gasteiger partial charge in [0.15, 0.2) is 0 Å². The summed E-state index contributed by atoms with van der Waals surface area (Å²) < 4.78 is 0.995. The maximum atomic E-state index is 10.9. The predicted octanol–water partition coefficient (Wildman–Crippen LogP) is 5.19. The summed E-state index contributed by atoms with van der Waals surface area (Å²) in [5, 5.41) is 8.94. The van der Waals surface area contributed by atoms with Gasteiger partial charge in [0.1, 0.15) is 4.88 Å². The van der Waals surface area contributed by atoms with E-state index < -0.39 is 5.97 Å². The van der Waals surface area contributed by atoms with Crippen molar-refractivity contribution in [2.45, 2.75) is 4.21 Å². The van der Waals surface area contributed by atoms with Gasteiger partial charge in [0.05, 0.1) is 4.21 Å². The molecular formula is C13H8O2S4. The van der Waals surface area contributed by atoms with Crippen LogP contribution in [0, 0.1) is 0 Å². The SMILES string of the molecule is O=C(O)c1ccc(-c2ccc(-c3ccc(S)s3)s2)s1. The molecule has 19 heavy (non-hydrogen) atoms. The van der Waals surface area contributed by atoms with Gasteiger partial charge in [-0.1, -0.05) is 0 Å². The molecule has 3 aromatic rings. The zero-order valence-corrected chi connectivity index (χ0v) is 12.8. The normalized spacial score (nSPS) is 10.8. The molecule has 0 atom stereocenters. The van der Waals surface area contributed by atoms with Crippen LogP contribution in [0.15, 0.2) is 40.6 Å². The van der Waals surface area contributed by atoms with Gasteiger partial charge in [0.25, 0.3) is 0 Å². The fourth-order valence-electron chi connectivity index (χ4n) is 1.65. The van der Waals surface area contributed by atoms with Gasteiger partial charge in [-0.2, -0.15) is 0 Å². The lowest BCUT2D eigenvalue weighted by Gasteiger charge is -1.90. The van der Waals surface area contributed by atoms with E-state index in [-0.39, 0.29) is 0 Å². The predicted molar refractivity (Wildman–Crippen MR) is 85.2 cm³/mol. The second kappa shape index (κ2) is 5.13. The molecule has 2 nitrogen and oxygen atoms in total. The molecule has 3 heterocycles. The number of carboxylic acids is 1. The van der Waals surface area contributed by atoms with Gasteiger partial charge in [-0.25, -0.2) is 4.79 Å². The minimum atomic E-state index is -0.869. The average molecular weight is 324 g/mol. The summed E-state index contributed by atoms with van der Waals surface area (Å²) >= 11 is 8.94. The van der Waals surface area contributed by atoms with Crippen molar-refractivity contribution in [2.75, 3.05) is 0 Å². The van der Waals surface area contributed by atoms with E-state index in [1.165, 1.54) is 21.1 Å². The van der Waals surface area contributed by atoms with Crippen LogP contribution in [0.5, 0.6) is 0 Å². The van der Waals surface area contributed by atoms with Crippen molar-refractivity contribution in [1.29, 1.82) is 0 Å². The van der Waals surface area contributed by atoms with Gasteiger partial charge in [0.2, 0.25) is 0 Å². The molecular weight excluding hydrogens is 316 g/mol. The van der Waals surface area contributed by atoms with Gasteiger partial charge in [0, 0.05) is 19.5 Å². The quantitative estimate of drug-likeness (QED) is 0.650. The molecule has 0 aliphatic heterocycles. The fourth-order valence-corrected chi connectivity index (χ4v) is 4.80. The number of rotatable bonds is 3. The molecule has 0 unspecified atom stereocenters. The topological polar surface area (TPSA) is 37.3 Å². The lowest BCUT2D eigenvalue weighted by atomic mass is 10.3. The van der Waals surface area contributed by atoms with Crippen LogP contribution < -0.4 is 0 Å². The number of thiol groups is 1. The van der Waals surface area contributed by atoms with Crippen LogP contribution in [-0.2, 0) is 0 Å². The van der Waals surface area contributed by atoms with Gasteiger partial charge >= 0.3 is 5.97 Å². The van der Waals surface area contributed by atoms with Crippen molar-refractivity contribution < 1.29 is 9.90 Å². The fraction of sp³-hybridized carbons (Fsp3) is 0. The van der Waals surface area contributed by atoms with Gasteiger partial charge in [-0.3, -0.25) is 0 Å². The molecule has 1 N–H and O–H groups in total. The van der Waals surface area contributed by atoms with E-state index in [4.69, 9.17) is 5.11 Å². The molecule has 0 aromatic carbocycles. The molecule has 96 valence electrons. The van der Waals surface area contributed by atoms with Crippen LogP contribution in [0.1, 0.15) is 9.67 Å². The van der Waals surface area contributed by atoms with E-state index in [1.807, 2.05) is 18.2 Å². The van der Waals surface area contributed by atoms with E-state index in [1.54, 1.807) is 28.7 Å². The largest absolute Gasteiger partial charge is 0.477 e. The van der Waals surface area contributed by atoms with Crippen LogP contribution in [0.2, 0.25) is 0 Å². The molecule has 0 bridgehead atoms. The number of carboxylic acid groups (broad SMARTS) is 1. The Morgan fingerprint density at radius 2 is 1.37 bits per heavy atom. The summed E-state index contributed by atoms with van der Waals surface area (Å²) in [6.45, 7) is 0. The molecule has 3 aromatic heterocycles. The summed E-state index contributed by atoms with van der Waals surface area (Å²) in [4.78, 5) is 15.7. The van der Waals surface area contributed by atoms with Crippen molar-refractivity contribution in [2.24, 2.45) is 0 Å². The summed E-state index contributed by atoms with van der Waals surface area (Å²) in [6.07, 6.45) is 0. The first-order chi connectivity index (χ1) is 9.13. The highest BCUT2D eigenvalue weighted by Gasteiger charge is 2.11. The summed E-state index contributed by atoms with van der Waals surface area (Å²) in [5.41, 5.74) is 0. The summed E-state index contributed by atoms with van der Waals surface area (Å²) in [6, 6.07) is 11.7. The molecule has 0 aliphatic rings. The van der Waals surface area contributed by atoms with Crippen LogP contribution in [0.3, 0.4) is 0 Å². The Morgan fingerprint density at radius 3 is 1.89 bits per heavy atom. The van der Waals surface area contributed by atoms with Crippen molar-refractivity contribution in [3.05, 3.63) is 41.3 Å². The zero-order chi connectivity index (χ0) is 13.4. The van der Waals surface area contributed by atoms with E-state index in [2.05, 4.69) is 24.8 Å². The highest BCUT2D eigenvalue weighted by molar-refractivity contribution is 7.83. The van der Waals surface area contributed by atoms with E-state index in [0.717, 1.165) is 14.0 Å². The maximum Gasteiger partial charge on any atom is 0.345 e. The lowest BCUT2D eigenvalue weighted by molar-refractivity contribution is 0.0702. The second-order valence-corrected chi connectivity index (χ2v) is 7.81. The number of hydrogen-bond acceptors (Lipinski definition) is 5. The number of thiophene rings is 3. The Hall–Kier alpha value is -1.08. The van der Waals surface area contributed by atoms with Gasteiger partial charge in [-0.15, -0.1) is 46.6 Å². The molecule has 0 saturated carbocycles. The van der Waals surface area contributed by atoms with E-state index >= 15 is 0 Å². The number of carbonyl (C=O) groups is 1. The maximum absolute atomic E-state index is 10.9. The molecule has 0 aliphatic carbocycles. The monoisotopic (exact) mass is 324 g/mol. The first kappa shape index (κ1) is 12.9. The Kier molecular flexibility index (Phi) is 3.49. The van der Waals surface area contributed by atoms with Crippen LogP contribution in [-0.4, -0.2) is 11.1 Å².